The lowest BCUT2D eigenvalue weighted by molar-refractivity contribution is 0.102. The van der Waals surface area contributed by atoms with E-state index in [0.29, 0.717) is 34.3 Å². The molecule has 0 spiro atoms. The van der Waals surface area contributed by atoms with E-state index in [9.17, 15) is 9.00 Å². The molecule has 25 heavy (non-hydrogen) atoms. The van der Waals surface area contributed by atoms with E-state index in [0.717, 1.165) is 12.8 Å². The number of anilines is 1. The SMILES string of the molecule is CCCCOc1ccc(OC)cc1NC(=O)c1ccc(S(C)=O)cc1. The second kappa shape index (κ2) is 9.22. The average Bonchev–Trinajstić information content (AvgIpc) is 2.63. The minimum Gasteiger partial charge on any atom is -0.497 e. The zero-order chi connectivity index (χ0) is 18.2. The highest BCUT2D eigenvalue weighted by Crippen LogP contribution is 2.30. The molecule has 2 aromatic carbocycles. The molecule has 0 saturated heterocycles. The first-order chi connectivity index (χ1) is 12.0. The number of hydrogen-bond acceptors (Lipinski definition) is 4. The molecule has 0 aliphatic carbocycles. The Morgan fingerprint density at radius 2 is 1.88 bits per heavy atom. The van der Waals surface area contributed by atoms with Gasteiger partial charge in [0.2, 0.25) is 0 Å². The van der Waals surface area contributed by atoms with E-state index >= 15 is 0 Å². The van der Waals surface area contributed by atoms with Crippen LogP contribution in [0.15, 0.2) is 47.4 Å². The van der Waals surface area contributed by atoms with E-state index in [1.165, 1.54) is 0 Å². The first-order valence-corrected chi connectivity index (χ1v) is 9.66. The predicted octanol–water partition coefficient (Wildman–Crippen LogP) is 3.86. The number of benzene rings is 2. The van der Waals surface area contributed by atoms with Crippen LogP contribution in [0.3, 0.4) is 0 Å². The predicted molar refractivity (Wildman–Crippen MR) is 100 cm³/mol. The first-order valence-electron chi connectivity index (χ1n) is 8.10. The van der Waals surface area contributed by atoms with Gasteiger partial charge in [-0.25, -0.2) is 0 Å². The topological polar surface area (TPSA) is 64.6 Å². The van der Waals surface area contributed by atoms with Gasteiger partial charge in [0.15, 0.2) is 0 Å². The molecule has 1 atom stereocenters. The molecule has 1 unspecified atom stereocenters. The van der Waals surface area contributed by atoms with E-state index in [-0.39, 0.29) is 5.91 Å². The van der Waals surface area contributed by atoms with Crippen LogP contribution < -0.4 is 14.8 Å². The van der Waals surface area contributed by atoms with Gasteiger partial charge in [-0.3, -0.25) is 9.00 Å². The number of amides is 1. The van der Waals surface area contributed by atoms with Crippen LogP contribution in [-0.2, 0) is 10.8 Å². The number of carbonyl (C=O) groups is 1. The summed E-state index contributed by atoms with van der Waals surface area (Å²) in [6.45, 7) is 2.68. The van der Waals surface area contributed by atoms with Crippen LogP contribution in [0.4, 0.5) is 5.69 Å². The number of hydrogen-bond donors (Lipinski definition) is 1. The summed E-state index contributed by atoms with van der Waals surface area (Å²) in [6.07, 6.45) is 3.57. The maximum atomic E-state index is 12.5. The van der Waals surface area contributed by atoms with Crippen molar-refractivity contribution in [1.82, 2.24) is 0 Å². The Morgan fingerprint density at radius 1 is 1.16 bits per heavy atom. The fourth-order valence-electron chi connectivity index (χ4n) is 2.18. The number of carbonyl (C=O) groups excluding carboxylic acids is 1. The van der Waals surface area contributed by atoms with Crippen molar-refractivity contribution in [3.8, 4) is 11.5 Å². The summed E-state index contributed by atoms with van der Waals surface area (Å²) in [5, 5.41) is 2.86. The largest absolute Gasteiger partial charge is 0.497 e. The van der Waals surface area contributed by atoms with Gasteiger partial charge in [0.25, 0.3) is 5.91 Å². The minimum atomic E-state index is -1.07. The Balaban J connectivity index is 2.18. The summed E-state index contributed by atoms with van der Waals surface area (Å²) < 4.78 is 22.4. The standard InChI is InChI=1S/C19H23NO4S/c1-4-5-12-24-18-11-8-15(23-2)13-17(18)20-19(21)14-6-9-16(10-7-14)25(3)22/h6-11,13H,4-5,12H2,1-3H3,(H,20,21). The minimum absolute atomic E-state index is 0.262. The Kier molecular flexibility index (Phi) is 7.01. The number of rotatable bonds is 8. The smallest absolute Gasteiger partial charge is 0.255 e. The lowest BCUT2D eigenvalue weighted by Crippen LogP contribution is -2.13. The third kappa shape index (κ3) is 5.32. The van der Waals surface area contributed by atoms with Crippen molar-refractivity contribution in [2.75, 3.05) is 25.3 Å². The Labute approximate surface area is 150 Å². The van der Waals surface area contributed by atoms with Gasteiger partial charge in [0.05, 0.1) is 19.4 Å². The van der Waals surface area contributed by atoms with Crippen LogP contribution in [0, 0.1) is 0 Å². The fraction of sp³-hybridized carbons (Fsp3) is 0.316. The molecule has 1 N–H and O–H groups in total. The molecule has 134 valence electrons. The van der Waals surface area contributed by atoms with Crippen molar-refractivity contribution < 1.29 is 18.5 Å². The van der Waals surface area contributed by atoms with Crippen LogP contribution in [-0.4, -0.2) is 30.1 Å². The van der Waals surface area contributed by atoms with Gasteiger partial charge in [-0.15, -0.1) is 0 Å². The maximum Gasteiger partial charge on any atom is 0.255 e. The van der Waals surface area contributed by atoms with Gasteiger partial charge in [-0.05, 0) is 42.8 Å². The molecule has 0 bridgehead atoms. The van der Waals surface area contributed by atoms with Crippen molar-refractivity contribution in [3.63, 3.8) is 0 Å². The Morgan fingerprint density at radius 3 is 2.48 bits per heavy atom. The van der Waals surface area contributed by atoms with Gasteiger partial charge in [0, 0.05) is 33.6 Å². The quantitative estimate of drug-likeness (QED) is 0.725. The molecule has 0 aromatic heterocycles. The molecule has 2 rings (SSSR count). The average molecular weight is 361 g/mol. The normalized spacial score (nSPS) is 11.6. The van der Waals surface area contributed by atoms with Gasteiger partial charge in [-0.1, -0.05) is 13.3 Å². The summed E-state index contributed by atoms with van der Waals surface area (Å²) in [7, 11) is 0.502. The van der Waals surface area contributed by atoms with Gasteiger partial charge in [-0.2, -0.15) is 0 Å². The summed E-state index contributed by atoms with van der Waals surface area (Å²) in [5.41, 5.74) is 1.04. The van der Waals surface area contributed by atoms with Crippen molar-refractivity contribution in [3.05, 3.63) is 48.0 Å². The number of methoxy groups -OCH3 is 1. The van der Waals surface area contributed by atoms with Crippen molar-refractivity contribution >= 4 is 22.4 Å². The van der Waals surface area contributed by atoms with Crippen LogP contribution >= 0.6 is 0 Å². The zero-order valence-electron chi connectivity index (χ0n) is 14.7. The lowest BCUT2D eigenvalue weighted by Gasteiger charge is -2.14. The monoisotopic (exact) mass is 361 g/mol. The van der Waals surface area contributed by atoms with Crippen LogP contribution in [0.5, 0.6) is 11.5 Å². The highest BCUT2D eigenvalue weighted by Gasteiger charge is 2.12. The van der Waals surface area contributed by atoms with E-state index < -0.39 is 10.8 Å². The highest BCUT2D eigenvalue weighted by molar-refractivity contribution is 7.84. The van der Waals surface area contributed by atoms with Crippen LogP contribution in [0.25, 0.3) is 0 Å². The fourth-order valence-corrected chi connectivity index (χ4v) is 2.70. The number of nitrogens with one attached hydrogen (secondary N) is 1. The van der Waals surface area contributed by atoms with Crippen molar-refractivity contribution in [1.29, 1.82) is 0 Å². The molecule has 0 saturated carbocycles. The molecule has 0 radical (unpaired) electrons. The van der Waals surface area contributed by atoms with E-state index in [1.807, 2.05) is 0 Å². The molecular formula is C19H23NO4S. The molecular weight excluding hydrogens is 338 g/mol. The van der Waals surface area contributed by atoms with Gasteiger partial charge in [0.1, 0.15) is 11.5 Å². The van der Waals surface area contributed by atoms with Gasteiger partial charge >= 0.3 is 0 Å². The molecule has 0 aliphatic rings. The number of ether oxygens (including phenoxy) is 2. The summed E-state index contributed by atoms with van der Waals surface area (Å²) >= 11 is 0. The zero-order valence-corrected chi connectivity index (χ0v) is 15.5. The van der Waals surface area contributed by atoms with Crippen LogP contribution in [0.1, 0.15) is 30.1 Å². The maximum absolute atomic E-state index is 12.5. The second-order valence-corrected chi connectivity index (χ2v) is 6.88. The van der Waals surface area contributed by atoms with E-state index in [2.05, 4.69) is 12.2 Å². The first kappa shape index (κ1) is 19.0. The third-order valence-electron chi connectivity index (χ3n) is 3.64. The summed E-state index contributed by atoms with van der Waals surface area (Å²) in [5.74, 6) is 0.978. The Hall–Kier alpha value is -2.34. The molecule has 0 heterocycles. The Bertz CT molecular complexity index is 744. The van der Waals surface area contributed by atoms with Crippen LogP contribution in [0.2, 0.25) is 0 Å². The second-order valence-electron chi connectivity index (χ2n) is 5.50. The molecule has 6 heteroatoms. The van der Waals surface area contributed by atoms with Gasteiger partial charge < -0.3 is 14.8 Å². The summed E-state index contributed by atoms with van der Waals surface area (Å²) in [4.78, 5) is 13.2. The molecule has 0 aliphatic heterocycles. The van der Waals surface area contributed by atoms with E-state index in [4.69, 9.17) is 9.47 Å². The van der Waals surface area contributed by atoms with Crippen molar-refractivity contribution in [2.24, 2.45) is 0 Å². The molecule has 0 fully saturated rings. The highest BCUT2D eigenvalue weighted by atomic mass is 32.2. The number of unbranched alkanes of at least 4 members (excludes halogenated alkanes) is 1. The van der Waals surface area contributed by atoms with Crippen molar-refractivity contribution in [2.45, 2.75) is 24.7 Å². The molecule has 2 aromatic rings. The van der Waals surface area contributed by atoms with E-state index in [1.54, 1.807) is 55.8 Å². The summed E-state index contributed by atoms with van der Waals surface area (Å²) in [6, 6.07) is 12.0. The molecule has 1 amide bonds. The third-order valence-corrected chi connectivity index (χ3v) is 4.57. The molecule has 5 nitrogen and oxygen atoms in total. The lowest BCUT2D eigenvalue weighted by atomic mass is 10.2.